The highest BCUT2D eigenvalue weighted by atomic mass is 19.3. The van der Waals surface area contributed by atoms with Crippen LogP contribution in [-0.2, 0) is 16.6 Å². The van der Waals surface area contributed by atoms with E-state index in [-0.39, 0.29) is 17.9 Å². The molecule has 216 valence electrons. The van der Waals surface area contributed by atoms with Gasteiger partial charge in [-0.2, -0.15) is 13.9 Å². The van der Waals surface area contributed by atoms with Crippen LogP contribution in [0.4, 0.5) is 14.6 Å². The van der Waals surface area contributed by atoms with Gasteiger partial charge in [-0.1, -0.05) is 25.6 Å². The summed E-state index contributed by atoms with van der Waals surface area (Å²) in [6.07, 6.45) is 7.69. The Hall–Kier alpha value is -4.58. The summed E-state index contributed by atoms with van der Waals surface area (Å²) in [4.78, 5) is 25.2. The number of aromatic nitrogens is 4. The second kappa shape index (κ2) is 13.2. The van der Waals surface area contributed by atoms with Crippen LogP contribution in [0, 0.1) is 0 Å². The molecule has 2 aromatic heterocycles. The number of allylic oxidation sites excluding steroid dienone is 2. The number of benzene rings is 1. The van der Waals surface area contributed by atoms with E-state index in [9.17, 15) is 13.6 Å². The van der Waals surface area contributed by atoms with Gasteiger partial charge in [0.25, 0.3) is 0 Å². The summed E-state index contributed by atoms with van der Waals surface area (Å²) in [6, 6.07) is 7.56. The number of alkyl halides is 2. The lowest BCUT2D eigenvalue weighted by atomic mass is 10.1. The number of ether oxygens (including phenoxy) is 1. The van der Waals surface area contributed by atoms with Crippen LogP contribution in [0.1, 0.15) is 13.3 Å². The SMILES string of the molecule is C=CC(=O)NC1=CC(Nc2cc(-c3ccc4c(cnn4C)c3)ncn2)=C(OC(F)F)CC=C1N(C)CCN(C)CC. The molecule has 0 spiro atoms. The lowest BCUT2D eigenvalue weighted by molar-refractivity contribution is -0.115. The smallest absolute Gasteiger partial charge is 0.387 e. The van der Waals surface area contributed by atoms with Crippen LogP contribution in [0.25, 0.3) is 22.2 Å². The van der Waals surface area contributed by atoms with E-state index in [1.165, 1.54) is 6.33 Å². The Labute approximate surface area is 237 Å². The minimum atomic E-state index is -3.04. The van der Waals surface area contributed by atoms with E-state index >= 15 is 0 Å². The lowest BCUT2D eigenvalue weighted by Crippen LogP contribution is -2.33. The van der Waals surface area contributed by atoms with Crippen LogP contribution < -0.4 is 10.6 Å². The van der Waals surface area contributed by atoms with Crippen LogP contribution in [0.3, 0.4) is 0 Å². The van der Waals surface area contributed by atoms with E-state index in [0.717, 1.165) is 35.6 Å². The van der Waals surface area contributed by atoms with Gasteiger partial charge in [-0.3, -0.25) is 9.48 Å². The molecule has 0 saturated heterocycles. The molecule has 0 radical (unpaired) electrons. The number of hydrogen-bond acceptors (Lipinski definition) is 8. The Kier molecular flexibility index (Phi) is 9.45. The third kappa shape index (κ3) is 7.34. The van der Waals surface area contributed by atoms with Crippen molar-refractivity contribution in [1.82, 2.24) is 34.9 Å². The Bertz CT molecular complexity index is 1510. The maximum absolute atomic E-state index is 13.5. The van der Waals surface area contributed by atoms with E-state index in [1.54, 1.807) is 29.1 Å². The fourth-order valence-electron chi connectivity index (χ4n) is 4.32. The predicted molar refractivity (Wildman–Crippen MR) is 154 cm³/mol. The Morgan fingerprint density at radius 3 is 2.78 bits per heavy atom. The molecule has 2 N–H and O–H groups in total. The van der Waals surface area contributed by atoms with Crippen molar-refractivity contribution in [2.75, 3.05) is 39.0 Å². The number of anilines is 1. The number of halogens is 2. The summed E-state index contributed by atoms with van der Waals surface area (Å²) in [7, 11) is 5.76. The molecule has 1 aromatic carbocycles. The summed E-state index contributed by atoms with van der Waals surface area (Å²) < 4.78 is 33.7. The number of hydrogen-bond donors (Lipinski definition) is 2. The number of aryl methyl sites for hydroxylation is 1. The number of nitrogens with one attached hydrogen (secondary N) is 2. The molecule has 10 nitrogen and oxygen atoms in total. The van der Waals surface area contributed by atoms with Crippen molar-refractivity contribution in [3.63, 3.8) is 0 Å². The molecule has 2 heterocycles. The maximum Gasteiger partial charge on any atom is 0.387 e. The van der Waals surface area contributed by atoms with Crippen molar-refractivity contribution in [3.05, 3.63) is 84.4 Å². The number of rotatable bonds is 12. The highest BCUT2D eigenvalue weighted by Gasteiger charge is 2.22. The first kappa shape index (κ1) is 29.4. The summed E-state index contributed by atoms with van der Waals surface area (Å²) >= 11 is 0. The number of carbonyl (C=O) groups is 1. The second-order valence-electron chi connectivity index (χ2n) is 9.53. The normalized spacial score (nSPS) is 13.7. The highest BCUT2D eigenvalue weighted by Crippen LogP contribution is 2.28. The second-order valence-corrected chi connectivity index (χ2v) is 9.53. The molecular formula is C29H34F2N8O2. The van der Waals surface area contributed by atoms with E-state index in [2.05, 4.69) is 44.1 Å². The zero-order valence-corrected chi connectivity index (χ0v) is 23.6. The van der Waals surface area contributed by atoms with Crippen molar-refractivity contribution < 1.29 is 18.3 Å². The van der Waals surface area contributed by atoms with E-state index in [1.807, 2.05) is 44.2 Å². The van der Waals surface area contributed by atoms with Crippen molar-refractivity contribution in [3.8, 4) is 11.3 Å². The van der Waals surface area contributed by atoms with Gasteiger partial charge in [0.05, 0.1) is 34.5 Å². The summed E-state index contributed by atoms with van der Waals surface area (Å²) in [6.45, 7) is 4.84. The first-order valence-electron chi connectivity index (χ1n) is 13.1. The van der Waals surface area contributed by atoms with Crippen molar-refractivity contribution in [2.24, 2.45) is 7.05 Å². The van der Waals surface area contributed by atoms with E-state index < -0.39 is 12.5 Å². The first-order chi connectivity index (χ1) is 19.7. The molecule has 0 bridgehead atoms. The zero-order chi connectivity index (χ0) is 29.5. The molecule has 12 heteroatoms. The van der Waals surface area contributed by atoms with Crippen LogP contribution in [0.15, 0.2) is 84.4 Å². The molecule has 0 saturated carbocycles. The van der Waals surface area contributed by atoms with E-state index in [0.29, 0.717) is 29.5 Å². The molecule has 0 unspecified atom stereocenters. The zero-order valence-electron chi connectivity index (χ0n) is 23.6. The molecule has 41 heavy (non-hydrogen) atoms. The van der Waals surface area contributed by atoms with Gasteiger partial charge in [0.1, 0.15) is 17.9 Å². The number of carbonyl (C=O) groups excluding carboxylic acids is 1. The molecule has 1 amide bonds. The molecule has 4 rings (SSSR count). The van der Waals surface area contributed by atoms with Gasteiger partial charge in [0.2, 0.25) is 5.91 Å². The van der Waals surface area contributed by atoms with E-state index in [4.69, 9.17) is 4.74 Å². The Morgan fingerprint density at radius 2 is 2.05 bits per heavy atom. The van der Waals surface area contributed by atoms with Gasteiger partial charge in [-0.15, -0.1) is 0 Å². The van der Waals surface area contributed by atoms with Crippen LogP contribution in [0.2, 0.25) is 0 Å². The molecule has 0 fully saturated rings. The largest absolute Gasteiger partial charge is 0.437 e. The van der Waals surface area contributed by atoms with Crippen LogP contribution in [-0.4, -0.2) is 75.8 Å². The van der Waals surface area contributed by atoms with Gasteiger partial charge in [0.15, 0.2) is 0 Å². The van der Waals surface area contributed by atoms with Gasteiger partial charge >= 0.3 is 6.61 Å². The monoisotopic (exact) mass is 564 g/mol. The van der Waals surface area contributed by atoms with Gasteiger partial charge in [0, 0.05) is 50.6 Å². The maximum atomic E-state index is 13.5. The number of fused-ring (bicyclic) bond motifs is 1. The van der Waals surface area contributed by atoms with Crippen molar-refractivity contribution in [2.45, 2.75) is 20.0 Å². The minimum Gasteiger partial charge on any atom is -0.437 e. The molecule has 3 aromatic rings. The number of likely N-dealkylation sites (N-methyl/N-ethyl adjacent to an activating group) is 2. The molecule has 1 aliphatic carbocycles. The third-order valence-electron chi connectivity index (χ3n) is 6.76. The average molecular weight is 565 g/mol. The summed E-state index contributed by atoms with van der Waals surface area (Å²) in [5.41, 5.74) is 3.73. The van der Waals surface area contributed by atoms with Gasteiger partial charge in [-0.05, 0) is 37.9 Å². The van der Waals surface area contributed by atoms with Crippen LogP contribution >= 0.6 is 0 Å². The summed E-state index contributed by atoms with van der Waals surface area (Å²) in [5, 5.41) is 11.2. The minimum absolute atomic E-state index is 0.00336. The lowest BCUT2D eigenvalue weighted by Gasteiger charge is -2.27. The topological polar surface area (TPSA) is 100 Å². The quantitative estimate of drug-likeness (QED) is 0.315. The Morgan fingerprint density at radius 1 is 1.24 bits per heavy atom. The van der Waals surface area contributed by atoms with Crippen molar-refractivity contribution in [1.29, 1.82) is 0 Å². The third-order valence-corrected chi connectivity index (χ3v) is 6.76. The van der Waals surface area contributed by atoms with Crippen LogP contribution in [0.5, 0.6) is 0 Å². The first-order valence-corrected chi connectivity index (χ1v) is 13.1. The molecule has 0 atom stereocenters. The molecular weight excluding hydrogens is 530 g/mol. The predicted octanol–water partition coefficient (Wildman–Crippen LogP) is 4.25. The average Bonchev–Trinajstić information content (AvgIpc) is 3.25. The number of amides is 1. The fraction of sp³-hybridized carbons (Fsp3) is 0.310. The Balaban J connectivity index is 1.69. The van der Waals surface area contributed by atoms with Gasteiger partial charge < -0.3 is 25.2 Å². The number of nitrogens with zero attached hydrogens (tertiary/aromatic N) is 6. The summed E-state index contributed by atoms with van der Waals surface area (Å²) in [5.74, 6) is -0.0797. The fourth-order valence-corrected chi connectivity index (χ4v) is 4.32. The highest BCUT2D eigenvalue weighted by molar-refractivity contribution is 5.89. The molecule has 0 aliphatic heterocycles. The standard InChI is InChI=1S/C29H34F2N8O2/c1-6-28(40)36-22-15-23(26(41-29(30)31)11-10-25(22)38(4)13-12-37(3)7-2)35-27-16-21(32-18-33-27)19-8-9-24-20(14-19)17-34-39(24)5/h6,8-10,14-18,29H,1,7,11-13H2,2-5H3,(H,36,40)(H,32,33,35). The van der Waals surface area contributed by atoms with Crippen molar-refractivity contribution >= 4 is 22.6 Å². The van der Waals surface area contributed by atoms with Gasteiger partial charge in [-0.25, -0.2) is 9.97 Å². The molecule has 1 aliphatic rings.